The molecule has 0 aromatic rings. The van der Waals surface area contributed by atoms with Gasteiger partial charge in [-0.2, -0.15) is 0 Å². The molecule has 1 heterocycles. The quantitative estimate of drug-likeness (QED) is 0.598. The lowest BCUT2D eigenvalue weighted by atomic mass is 10.2. The molecule has 1 fully saturated rings. The summed E-state index contributed by atoms with van der Waals surface area (Å²) in [6, 6.07) is -0.143. The second-order valence-electron chi connectivity index (χ2n) is 3.64. The summed E-state index contributed by atoms with van der Waals surface area (Å²) in [7, 11) is 0. The topological polar surface area (TPSA) is 49.8 Å². The Kier molecular flexibility index (Phi) is 6.20. The monoisotopic (exact) mass is 279 g/mol. The average Bonchev–Trinajstić information content (AvgIpc) is 2.29. The molecule has 1 aliphatic heterocycles. The Morgan fingerprint density at radius 2 is 2.33 bits per heavy atom. The number of carbonyl (C=O) groups is 1. The fourth-order valence-electron chi connectivity index (χ4n) is 1.65. The van der Waals surface area contributed by atoms with Crippen LogP contribution in [-0.4, -0.2) is 53.7 Å². The zero-order valence-electron chi connectivity index (χ0n) is 8.82. The fraction of sp³-hybridized carbons (Fsp3) is 0.900. The first-order chi connectivity index (χ1) is 7.29. The number of carbonyl (C=O) groups excluding carboxylic acids is 1. The number of aliphatic hydroxyl groups excluding tert-OH is 1. The molecule has 1 N–H and O–H groups in total. The van der Waals surface area contributed by atoms with E-state index in [0.29, 0.717) is 26.2 Å². The van der Waals surface area contributed by atoms with Gasteiger partial charge in [0, 0.05) is 18.3 Å². The van der Waals surface area contributed by atoms with Gasteiger partial charge in [0.05, 0.1) is 25.9 Å². The Labute approximate surface area is 98.7 Å². The number of hydrogen-bond donors (Lipinski definition) is 1. The van der Waals surface area contributed by atoms with Gasteiger partial charge >= 0.3 is 0 Å². The molecule has 15 heavy (non-hydrogen) atoms. The Balaban J connectivity index is 2.34. The molecule has 0 radical (unpaired) electrons. The minimum atomic E-state index is -0.143. The number of hydrogen-bond acceptors (Lipinski definition) is 3. The van der Waals surface area contributed by atoms with Crippen molar-refractivity contribution in [2.45, 2.75) is 25.3 Å². The van der Waals surface area contributed by atoms with Gasteiger partial charge in [0.25, 0.3) is 0 Å². The highest BCUT2D eigenvalue weighted by atomic mass is 79.9. The molecule has 1 aliphatic rings. The van der Waals surface area contributed by atoms with E-state index < -0.39 is 0 Å². The van der Waals surface area contributed by atoms with Crippen molar-refractivity contribution < 1.29 is 14.6 Å². The van der Waals surface area contributed by atoms with Gasteiger partial charge in [0.15, 0.2) is 0 Å². The molecule has 0 spiro atoms. The number of unbranched alkanes of at least 4 members (excludes halogenated alkanes) is 1. The van der Waals surface area contributed by atoms with Crippen LogP contribution in [0.1, 0.15) is 19.3 Å². The fourth-order valence-corrected chi connectivity index (χ4v) is 2.05. The molecule has 0 aromatic carbocycles. The second kappa shape index (κ2) is 7.19. The molecule has 1 atom stereocenters. The maximum Gasteiger partial charge on any atom is 0.223 e. The van der Waals surface area contributed by atoms with E-state index in [2.05, 4.69) is 15.9 Å². The molecule has 1 amide bonds. The molecule has 1 unspecified atom stereocenters. The first-order valence-electron chi connectivity index (χ1n) is 5.33. The van der Waals surface area contributed by atoms with Crippen LogP contribution >= 0.6 is 15.9 Å². The molecular weight excluding hydrogens is 262 g/mol. The van der Waals surface area contributed by atoms with E-state index in [4.69, 9.17) is 9.84 Å². The largest absolute Gasteiger partial charge is 0.394 e. The second-order valence-corrected chi connectivity index (χ2v) is 4.44. The van der Waals surface area contributed by atoms with Crippen molar-refractivity contribution in [3.63, 3.8) is 0 Å². The lowest BCUT2D eigenvalue weighted by Crippen LogP contribution is -2.50. The Hall–Kier alpha value is -0.130. The van der Waals surface area contributed by atoms with Crippen molar-refractivity contribution in [2.75, 3.05) is 31.7 Å². The summed E-state index contributed by atoms with van der Waals surface area (Å²) < 4.78 is 5.22. The van der Waals surface area contributed by atoms with Crippen molar-refractivity contribution in [3.05, 3.63) is 0 Å². The van der Waals surface area contributed by atoms with Crippen LogP contribution in [0.2, 0.25) is 0 Å². The van der Waals surface area contributed by atoms with Crippen molar-refractivity contribution >= 4 is 21.8 Å². The van der Waals surface area contributed by atoms with Crippen molar-refractivity contribution in [1.29, 1.82) is 0 Å². The lowest BCUT2D eigenvalue weighted by Gasteiger charge is -2.34. The Bertz CT molecular complexity index is 201. The molecule has 0 bridgehead atoms. The van der Waals surface area contributed by atoms with Gasteiger partial charge in [-0.3, -0.25) is 4.79 Å². The standard InChI is InChI=1S/C10H18BrNO3/c11-4-2-1-3-10(14)12-5-6-15-8-9(12)7-13/h9,13H,1-8H2. The van der Waals surface area contributed by atoms with E-state index in [-0.39, 0.29) is 18.6 Å². The zero-order chi connectivity index (χ0) is 11.1. The summed E-state index contributed by atoms with van der Waals surface area (Å²) in [5.41, 5.74) is 0. The van der Waals surface area contributed by atoms with E-state index >= 15 is 0 Å². The highest BCUT2D eigenvalue weighted by Gasteiger charge is 2.25. The third-order valence-electron chi connectivity index (χ3n) is 2.53. The first-order valence-corrected chi connectivity index (χ1v) is 6.45. The van der Waals surface area contributed by atoms with Crippen LogP contribution in [0.4, 0.5) is 0 Å². The van der Waals surface area contributed by atoms with Gasteiger partial charge in [0.2, 0.25) is 5.91 Å². The Morgan fingerprint density at radius 3 is 3.00 bits per heavy atom. The predicted molar refractivity (Wildman–Crippen MR) is 61.1 cm³/mol. The summed E-state index contributed by atoms with van der Waals surface area (Å²) in [5.74, 6) is 0.137. The van der Waals surface area contributed by atoms with Crippen molar-refractivity contribution in [1.82, 2.24) is 4.90 Å². The van der Waals surface area contributed by atoms with Crippen LogP contribution in [0.25, 0.3) is 0 Å². The maximum atomic E-state index is 11.8. The minimum Gasteiger partial charge on any atom is -0.394 e. The minimum absolute atomic E-state index is 0.00974. The maximum absolute atomic E-state index is 11.8. The predicted octanol–water partition coefficient (Wildman–Crippen LogP) is 0.771. The highest BCUT2D eigenvalue weighted by Crippen LogP contribution is 2.10. The number of morpholine rings is 1. The number of nitrogens with zero attached hydrogens (tertiary/aromatic N) is 1. The highest BCUT2D eigenvalue weighted by molar-refractivity contribution is 9.09. The number of ether oxygens (including phenoxy) is 1. The SMILES string of the molecule is O=C(CCCCBr)N1CCOCC1CO. The molecule has 0 saturated carbocycles. The van der Waals surface area contributed by atoms with Gasteiger partial charge < -0.3 is 14.7 Å². The molecule has 1 saturated heterocycles. The number of rotatable bonds is 5. The smallest absolute Gasteiger partial charge is 0.223 e. The van der Waals surface area contributed by atoms with E-state index in [0.717, 1.165) is 18.2 Å². The van der Waals surface area contributed by atoms with Crippen molar-refractivity contribution in [3.8, 4) is 0 Å². The van der Waals surface area contributed by atoms with Crippen LogP contribution < -0.4 is 0 Å². The van der Waals surface area contributed by atoms with E-state index in [9.17, 15) is 4.79 Å². The van der Waals surface area contributed by atoms with E-state index in [1.165, 1.54) is 0 Å². The van der Waals surface area contributed by atoms with Crippen LogP contribution in [-0.2, 0) is 9.53 Å². The van der Waals surface area contributed by atoms with Gasteiger partial charge in [-0.25, -0.2) is 0 Å². The number of aliphatic hydroxyl groups is 1. The van der Waals surface area contributed by atoms with Crippen LogP contribution in [0.15, 0.2) is 0 Å². The van der Waals surface area contributed by atoms with Crippen LogP contribution in [0.3, 0.4) is 0 Å². The summed E-state index contributed by atoms with van der Waals surface area (Å²) >= 11 is 3.34. The number of alkyl halides is 1. The third kappa shape index (κ3) is 4.09. The zero-order valence-corrected chi connectivity index (χ0v) is 10.4. The molecule has 88 valence electrons. The number of halogens is 1. The summed E-state index contributed by atoms with van der Waals surface area (Å²) in [6.45, 7) is 1.64. The molecular formula is C10H18BrNO3. The molecule has 0 aliphatic carbocycles. The van der Waals surface area contributed by atoms with Crippen molar-refractivity contribution in [2.24, 2.45) is 0 Å². The van der Waals surface area contributed by atoms with Crippen LogP contribution in [0.5, 0.6) is 0 Å². The third-order valence-corrected chi connectivity index (χ3v) is 3.09. The molecule has 5 heteroatoms. The van der Waals surface area contributed by atoms with E-state index in [1.54, 1.807) is 4.90 Å². The summed E-state index contributed by atoms with van der Waals surface area (Å²) in [6.07, 6.45) is 2.49. The van der Waals surface area contributed by atoms with Gasteiger partial charge in [-0.15, -0.1) is 0 Å². The first kappa shape index (κ1) is 12.9. The van der Waals surface area contributed by atoms with E-state index in [1.807, 2.05) is 0 Å². The van der Waals surface area contributed by atoms with Gasteiger partial charge in [0.1, 0.15) is 0 Å². The summed E-state index contributed by atoms with van der Waals surface area (Å²) in [5, 5.41) is 10.0. The molecule has 1 rings (SSSR count). The van der Waals surface area contributed by atoms with Crippen LogP contribution in [0, 0.1) is 0 Å². The Morgan fingerprint density at radius 1 is 1.53 bits per heavy atom. The molecule has 0 aromatic heterocycles. The summed E-state index contributed by atoms with van der Waals surface area (Å²) in [4.78, 5) is 13.5. The molecule has 4 nitrogen and oxygen atoms in total. The normalized spacial score (nSPS) is 21.7. The average molecular weight is 280 g/mol. The number of amides is 1. The lowest BCUT2D eigenvalue weighted by molar-refractivity contribution is -0.141. The van der Waals surface area contributed by atoms with Gasteiger partial charge in [-0.05, 0) is 12.8 Å². The van der Waals surface area contributed by atoms with Gasteiger partial charge in [-0.1, -0.05) is 15.9 Å².